The van der Waals surface area contributed by atoms with Gasteiger partial charge in [0.25, 0.3) is 0 Å². The SMILES string of the molecule is CO[C@@H]1CCN(C(=O)/C=C/CN2CCOCC2)C[C@H]1Cc1ccc(C)cc1. The van der Waals surface area contributed by atoms with Gasteiger partial charge < -0.3 is 14.4 Å². The van der Waals surface area contributed by atoms with Gasteiger partial charge in [-0.1, -0.05) is 35.9 Å². The minimum atomic E-state index is 0.117. The van der Waals surface area contributed by atoms with Gasteiger partial charge in [-0.05, 0) is 25.3 Å². The fourth-order valence-corrected chi connectivity index (χ4v) is 3.94. The van der Waals surface area contributed by atoms with Gasteiger partial charge in [0.05, 0.1) is 19.3 Å². The Morgan fingerprint density at radius 1 is 1.22 bits per heavy atom. The Morgan fingerprint density at radius 2 is 1.96 bits per heavy atom. The molecule has 0 spiro atoms. The summed E-state index contributed by atoms with van der Waals surface area (Å²) in [4.78, 5) is 16.9. The van der Waals surface area contributed by atoms with Crippen molar-refractivity contribution in [3.8, 4) is 0 Å². The number of hydrogen-bond donors (Lipinski definition) is 0. The van der Waals surface area contributed by atoms with Crippen molar-refractivity contribution < 1.29 is 14.3 Å². The van der Waals surface area contributed by atoms with E-state index in [1.165, 1.54) is 11.1 Å². The molecule has 2 aliphatic rings. The van der Waals surface area contributed by atoms with Crippen LogP contribution < -0.4 is 0 Å². The maximum atomic E-state index is 12.6. The van der Waals surface area contributed by atoms with E-state index in [9.17, 15) is 4.79 Å². The standard InChI is InChI=1S/C22H32N2O3/c1-18-5-7-19(8-6-18)16-20-17-24(11-9-21(20)26-2)22(25)4-3-10-23-12-14-27-15-13-23/h3-8,20-21H,9-17H2,1-2H3/b4-3+/t20-,21-/m1/s1. The number of aryl methyl sites for hydroxylation is 1. The Kier molecular flexibility index (Phi) is 7.44. The van der Waals surface area contributed by atoms with Crippen molar-refractivity contribution in [2.75, 3.05) is 53.0 Å². The van der Waals surface area contributed by atoms with E-state index in [1.54, 1.807) is 13.2 Å². The third-order valence-electron chi connectivity index (χ3n) is 5.62. The summed E-state index contributed by atoms with van der Waals surface area (Å²) in [5.74, 6) is 0.453. The fraction of sp³-hybridized carbons (Fsp3) is 0.591. The molecule has 0 N–H and O–H groups in total. The first kappa shape index (κ1) is 20.1. The molecule has 2 heterocycles. The molecule has 0 unspecified atom stereocenters. The summed E-state index contributed by atoms with van der Waals surface area (Å²) in [6.45, 7) is 7.89. The Hall–Kier alpha value is -1.69. The van der Waals surface area contributed by atoms with Crippen molar-refractivity contribution in [2.24, 2.45) is 5.92 Å². The van der Waals surface area contributed by atoms with Crippen LogP contribution in [0.5, 0.6) is 0 Å². The van der Waals surface area contributed by atoms with Gasteiger partial charge in [0, 0.05) is 51.8 Å². The number of benzene rings is 1. The van der Waals surface area contributed by atoms with Crippen LogP contribution in [0.4, 0.5) is 0 Å². The average Bonchev–Trinajstić information content (AvgIpc) is 2.70. The van der Waals surface area contributed by atoms with E-state index in [0.29, 0.717) is 5.92 Å². The maximum Gasteiger partial charge on any atom is 0.246 e. The van der Waals surface area contributed by atoms with E-state index in [2.05, 4.69) is 36.1 Å². The molecule has 0 aliphatic carbocycles. The lowest BCUT2D eigenvalue weighted by atomic mass is 9.88. The van der Waals surface area contributed by atoms with E-state index in [0.717, 1.165) is 58.8 Å². The first-order valence-electron chi connectivity index (χ1n) is 9.99. The van der Waals surface area contributed by atoms with Gasteiger partial charge in [-0.15, -0.1) is 0 Å². The van der Waals surface area contributed by atoms with E-state index >= 15 is 0 Å². The zero-order valence-electron chi connectivity index (χ0n) is 16.6. The molecule has 1 aromatic carbocycles. The predicted molar refractivity (Wildman–Crippen MR) is 107 cm³/mol. The number of rotatable bonds is 6. The van der Waals surface area contributed by atoms with Crippen molar-refractivity contribution in [2.45, 2.75) is 25.9 Å². The van der Waals surface area contributed by atoms with Crippen LogP contribution in [0.25, 0.3) is 0 Å². The van der Waals surface area contributed by atoms with E-state index in [-0.39, 0.29) is 12.0 Å². The van der Waals surface area contributed by atoms with Crippen molar-refractivity contribution in [3.63, 3.8) is 0 Å². The second-order valence-electron chi connectivity index (χ2n) is 7.61. The Morgan fingerprint density at radius 3 is 2.67 bits per heavy atom. The van der Waals surface area contributed by atoms with Crippen LogP contribution in [0, 0.1) is 12.8 Å². The molecular weight excluding hydrogens is 340 g/mol. The molecule has 0 aromatic heterocycles. The number of likely N-dealkylation sites (tertiary alicyclic amines) is 1. The highest BCUT2D eigenvalue weighted by atomic mass is 16.5. The molecule has 5 heteroatoms. The molecule has 27 heavy (non-hydrogen) atoms. The van der Waals surface area contributed by atoms with E-state index in [4.69, 9.17) is 9.47 Å². The van der Waals surface area contributed by atoms with Crippen molar-refractivity contribution >= 4 is 5.91 Å². The number of nitrogens with zero attached hydrogens (tertiary/aromatic N) is 2. The number of morpholine rings is 1. The van der Waals surface area contributed by atoms with Crippen molar-refractivity contribution in [1.82, 2.24) is 9.80 Å². The highest BCUT2D eigenvalue weighted by Crippen LogP contribution is 2.24. The highest BCUT2D eigenvalue weighted by molar-refractivity contribution is 5.87. The van der Waals surface area contributed by atoms with Crippen molar-refractivity contribution in [1.29, 1.82) is 0 Å². The monoisotopic (exact) mass is 372 g/mol. The third kappa shape index (κ3) is 5.89. The van der Waals surface area contributed by atoms with Gasteiger partial charge in [0.1, 0.15) is 0 Å². The highest BCUT2D eigenvalue weighted by Gasteiger charge is 2.30. The molecule has 2 aliphatic heterocycles. The van der Waals surface area contributed by atoms with Gasteiger partial charge >= 0.3 is 0 Å². The topological polar surface area (TPSA) is 42.0 Å². The molecule has 2 fully saturated rings. The number of methoxy groups -OCH3 is 1. The quantitative estimate of drug-likeness (QED) is 0.719. The zero-order valence-corrected chi connectivity index (χ0v) is 16.6. The van der Waals surface area contributed by atoms with Crippen LogP contribution in [0.15, 0.2) is 36.4 Å². The molecule has 2 atom stereocenters. The van der Waals surface area contributed by atoms with Gasteiger partial charge in [0.2, 0.25) is 5.91 Å². The molecule has 148 valence electrons. The summed E-state index contributed by atoms with van der Waals surface area (Å²) in [6, 6.07) is 8.67. The lowest BCUT2D eigenvalue weighted by Gasteiger charge is -2.37. The lowest BCUT2D eigenvalue weighted by Crippen LogP contribution is -2.47. The van der Waals surface area contributed by atoms with Crippen LogP contribution in [0.1, 0.15) is 17.5 Å². The molecule has 5 nitrogen and oxygen atoms in total. The van der Waals surface area contributed by atoms with Crippen LogP contribution in [0.2, 0.25) is 0 Å². The average molecular weight is 373 g/mol. The zero-order chi connectivity index (χ0) is 19.1. The lowest BCUT2D eigenvalue weighted by molar-refractivity contribution is -0.130. The maximum absolute atomic E-state index is 12.6. The molecule has 3 rings (SSSR count). The number of hydrogen-bond acceptors (Lipinski definition) is 4. The third-order valence-corrected chi connectivity index (χ3v) is 5.62. The number of carbonyl (C=O) groups is 1. The summed E-state index contributed by atoms with van der Waals surface area (Å²) < 4.78 is 11.1. The summed E-state index contributed by atoms with van der Waals surface area (Å²) >= 11 is 0. The largest absolute Gasteiger partial charge is 0.381 e. The van der Waals surface area contributed by atoms with Gasteiger partial charge in [-0.3, -0.25) is 9.69 Å². The number of amides is 1. The molecule has 0 radical (unpaired) electrons. The first-order chi connectivity index (χ1) is 13.2. The molecular formula is C22H32N2O3. The second kappa shape index (κ2) is 10.0. The minimum absolute atomic E-state index is 0.117. The normalized spacial score (nSPS) is 24.4. The molecule has 0 saturated carbocycles. The van der Waals surface area contributed by atoms with Crippen LogP contribution >= 0.6 is 0 Å². The Balaban J connectivity index is 1.54. The number of ether oxygens (including phenoxy) is 2. The number of carbonyl (C=O) groups excluding carboxylic acids is 1. The summed E-state index contributed by atoms with van der Waals surface area (Å²) in [7, 11) is 1.78. The Bertz CT molecular complexity index is 623. The Labute approximate surface area is 162 Å². The predicted octanol–water partition coefficient (Wildman–Crippen LogP) is 2.29. The molecule has 1 aromatic rings. The second-order valence-corrected chi connectivity index (χ2v) is 7.61. The van der Waals surface area contributed by atoms with Crippen molar-refractivity contribution in [3.05, 3.63) is 47.5 Å². The van der Waals surface area contributed by atoms with E-state index in [1.807, 2.05) is 11.0 Å². The van der Waals surface area contributed by atoms with E-state index < -0.39 is 0 Å². The molecule has 1 amide bonds. The van der Waals surface area contributed by atoms with Gasteiger partial charge in [-0.2, -0.15) is 0 Å². The van der Waals surface area contributed by atoms with Crippen LogP contribution in [0.3, 0.4) is 0 Å². The number of piperidine rings is 1. The smallest absolute Gasteiger partial charge is 0.246 e. The van der Waals surface area contributed by atoms with Gasteiger partial charge in [-0.25, -0.2) is 0 Å². The van der Waals surface area contributed by atoms with Crippen LogP contribution in [-0.4, -0.2) is 74.9 Å². The summed E-state index contributed by atoms with van der Waals surface area (Å²) in [5.41, 5.74) is 2.58. The van der Waals surface area contributed by atoms with Gasteiger partial charge in [0.15, 0.2) is 0 Å². The minimum Gasteiger partial charge on any atom is -0.381 e. The summed E-state index contributed by atoms with van der Waals surface area (Å²) in [6.07, 6.45) is 5.79. The molecule has 0 bridgehead atoms. The fourth-order valence-electron chi connectivity index (χ4n) is 3.94. The van der Waals surface area contributed by atoms with Crippen LogP contribution in [-0.2, 0) is 20.7 Å². The summed E-state index contributed by atoms with van der Waals surface area (Å²) in [5, 5.41) is 0. The molecule has 2 saturated heterocycles. The first-order valence-corrected chi connectivity index (χ1v) is 9.99.